The maximum atomic E-state index is 10.9. The predicted molar refractivity (Wildman–Crippen MR) is 58.5 cm³/mol. The molecule has 0 fully saturated rings. The molecule has 3 heteroatoms. The minimum Gasteiger partial charge on any atom is -0.258 e. The molecule has 0 bridgehead atoms. The van der Waals surface area contributed by atoms with Gasteiger partial charge in [0.1, 0.15) is 0 Å². The molecule has 0 spiro atoms. The Morgan fingerprint density at radius 2 is 1.47 bits per heavy atom. The highest BCUT2D eigenvalue weighted by Gasteiger charge is 2.04. The van der Waals surface area contributed by atoms with Gasteiger partial charge in [0.15, 0.2) is 0 Å². The van der Waals surface area contributed by atoms with Gasteiger partial charge in [-0.15, -0.1) is 0 Å². The van der Waals surface area contributed by atoms with Crippen LogP contribution < -0.4 is 0 Å². The van der Waals surface area contributed by atoms with Gasteiger partial charge in [0.2, 0.25) is 0 Å². The van der Waals surface area contributed by atoms with Gasteiger partial charge in [0, 0.05) is 12.1 Å². The number of nitrogens with zero attached hydrogens (tertiary/aromatic N) is 1. The van der Waals surface area contributed by atoms with Gasteiger partial charge in [0.25, 0.3) is 5.69 Å². The Labute approximate surface area is 99.8 Å². The van der Waals surface area contributed by atoms with Gasteiger partial charge < -0.3 is 0 Å². The van der Waals surface area contributed by atoms with Crippen LogP contribution in [0.2, 0.25) is 0 Å². The fraction of sp³-hybridized carbons (Fsp3) is 0. The van der Waals surface area contributed by atoms with Crippen LogP contribution in [0.25, 0.3) is 11.1 Å². The van der Waals surface area contributed by atoms with Crippen molar-refractivity contribution in [3.05, 3.63) is 64.5 Å². The summed E-state index contributed by atoms with van der Waals surface area (Å²) < 4.78 is 69.5. The maximum absolute atomic E-state index is 10.9. The smallest absolute Gasteiger partial charge is 0.258 e. The van der Waals surface area contributed by atoms with Crippen molar-refractivity contribution in [2.75, 3.05) is 0 Å². The zero-order valence-electron chi connectivity index (χ0n) is 16.3. The van der Waals surface area contributed by atoms with Crippen molar-refractivity contribution in [1.29, 1.82) is 0 Å². The Bertz CT molecular complexity index is 839. The molecule has 2 aromatic rings. The second-order valence-corrected chi connectivity index (χ2v) is 2.48. The van der Waals surface area contributed by atoms with Crippen molar-refractivity contribution in [2.45, 2.75) is 0 Å². The third kappa shape index (κ3) is 2.02. The Balaban J connectivity index is 3.04. The lowest BCUT2D eigenvalue weighted by atomic mass is 10.1. The van der Waals surface area contributed by atoms with Crippen LogP contribution in [0.4, 0.5) is 5.69 Å². The number of nitro benzene ring substituents is 1. The van der Waals surface area contributed by atoms with Crippen LogP contribution in [0.15, 0.2) is 54.4 Å². The van der Waals surface area contributed by atoms with Crippen molar-refractivity contribution in [3.8, 4) is 11.1 Å². The van der Waals surface area contributed by atoms with Crippen LogP contribution in [-0.4, -0.2) is 4.92 Å². The lowest BCUT2D eigenvalue weighted by molar-refractivity contribution is -0.384. The molecule has 0 radical (unpaired) electrons. The summed E-state index contributed by atoms with van der Waals surface area (Å²) in [4.78, 5) is 9.86. The predicted octanol–water partition coefficient (Wildman–Crippen LogP) is 3.26. The number of benzene rings is 2. The summed E-state index contributed by atoms with van der Waals surface area (Å²) in [6.07, 6.45) is 0. The van der Waals surface area contributed by atoms with E-state index >= 15 is 0 Å². The van der Waals surface area contributed by atoms with Gasteiger partial charge in [-0.1, -0.05) is 30.2 Å². The monoisotopic (exact) mass is 208 g/mol. The summed E-state index contributed by atoms with van der Waals surface area (Å²) >= 11 is 0. The Kier molecular flexibility index (Phi) is 0.902. The van der Waals surface area contributed by atoms with Crippen molar-refractivity contribution >= 4 is 5.69 Å². The summed E-state index contributed by atoms with van der Waals surface area (Å²) in [7, 11) is 0. The van der Waals surface area contributed by atoms with E-state index < -0.39 is 76.1 Å². The van der Waals surface area contributed by atoms with Crippen molar-refractivity contribution < 1.29 is 17.3 Å². The third-order valence-corrected chi connectivity index (χ3v) is 1.54. The summed E-state index contributed by atoms with van der Waals surface area (Å²) in [5, 5.41) is 10.9. The highest BCUT2D eigenvalue weighted by Crippen LogP contribution is 2.21. The second-order valence-electron chi connectivity index (χ2n) is 2.48. The van der Waals surface area contributed by atoms with Crippen molar-refractivity contribution in [3.63, 3.8) is 0 Å². The normalized spacial score (nSPS) is 18.3. The fourth-order valence-electron chi connectivity index (χ4n) is 0.897. The Morgan fingerprint density at radius 1 is 0.933 bits per heavy atom. The quantitative estimate of drug-likeness (QED) is 0.561. The summed E-state index contributed by atoms with van der Waals surface area (Å²) in [6, 6.07) is -7.12. The van der Waals surface area contributed by atoms with Crippen LogP contribution in [0.5, 0.6) is 0 Å². The van der Waals surface area contributed by atoms with Gasteiger partial charge in [0.05, 0.1) is 17.3 Å². The zero-order valence-corrected chi connectivity index (χ0v) is 7.26. The standard InChI is InChI=1S/C12H9NO2/c14-13(15)12-8-6-11(7-9-12)10-4-2-1-3-5-10/h1-9H/i1D,2D,3D,4D,5D,6D,7D,8D,9D. The summed E-state index contributed by atoms with van der Waals surface area (Å²) in [5.74, 6) is 0. The number of hydrogen-bond acceptors (Lipinski definition) is 2. The number of rotatable bonds is 2. The van der Waals surface area contributed by atoms with E-state index in [1.165, 1.54) is 0 Å². The topological polar surface area (TPSA) is 43.1 Å². The summed E-state index contributed by atoms with van der Waals surface area (Å²) in [6.45, 7) is 0. The molecule has 0 aliphatic rings. The highest BCUT2D eigenvalue weighted by molar-refractivity contribution is 5.64. The van der Waals surface area contributed by atoms with Gasteiger partial charge in [-0.05, 0) is 23.2 Å². The van der Waals surface area contributed by atoms with Crippen LogP contribution in [0.1, 0.15) is 12.3 Å². The van der Waals surface area contributed by atoms with Crippen LogP contribution in [-0.2, 0) is 0 Å². The largest absolute Gasteiger partial charge is 0.269 e. The van der Waals surface area contributed by atoms with Crippen molar-refractivity contribution in [1.82, 2.24) is 0 Å². The molecule has 0 saturated heterocycles. The molecule has 0 unspecified atom stereocenters. The second kappa shape index (κ2) is 3.92. The molecule has 0 aromatic heterocycles. The molecule has 3 nitrogen and oxygen atoms in total. The minimum atomic E-state index is -1.06. The Hall–Kier alpha value is -2.16. The summed E-state index contributed by atoms with van der Waals surface area (Å²) in [5.41, 5.74) is -2.15. The average molecular weight is 208 g/mol. The van der Waals surface area contributed by atoms with Gasteiger partial charge in [-0.2, -0.15) is 0 Å². The van der Waals surface area contributed by atoms with Gasteiger partial charge >= 0.3 is 0 Å². The zero-order chi connectivity index (χ0) is 18.5. The molecule has 0 aliphatic carbocycles. The first kappa shape index (κ1) is 3.45. The molecule has 0 aliphatic heterocycles. The molecule has 0 amide bonds. The number of nitro groups is 1. The van der Waals surface area contributed by atoms with Crippen LogP contribution in [0.3, 0.4) is 0 Å². The molecule has 15 heavy (non-hydrogen) atoms. The molecule has 2 aromatic carbocycles. The molecule has 0 saturated carbocycles. The molecular formula is C12H9NO2. The fourth-order valence-corrected chi connectivity index (χ4v) is 0.897. The van der Waals surface area contributed by atoms with Crippen LogP contribution >= 0.6 is 0 Å². The molecule has 0 heterocycles. The molecule has 74 valence electrons. The lowest BCUT2D eigenvalue weighted by Crippen LogP contribution is -1.86. The third-order valence-electron chi connectivity index (χ3n) is 1.54. The first-order chi connectivity index (χ1) is 11.0. The Morgan fingerprint density at radius 3 is 2.00 bits per heavy atom. The lowest BCUT2D eigenvalue weighted by Gasteiger charge is -1.99. The number of hydrogen-bond donors (Lipinski definition) is 0. The van der Waals surface area contributed by atoms with E-state index in [9.17, 15) is 10.1 Å². The van der Waals surface area contributed by atoms with E-state index in [2.05, 4.69) is 0 Å². The molecular weight excluding hydrogens is 190 g/mol. The van der Waals surface area contributed by atoms with E-state index in [0.717, 1.165) is 0 Å². The average Bonchev–Trinajstić information content (AvgIpc) is 2.52. The van der Waals surface area contributed by atoms with E-state index in [4.69, 9.17) is 12.3 Å². The van der Waals surface area contributed by atoms with Gasteiger partial charge in [-0.25, -0.2) is 0 Å². The SMILES string of the molecule is [2H]c1c([2H])c([2H])c(-c2c([2H])c([2H])c([N+](=O)[O-])c([2H])c2[2H])c([2H])c1[2H]. The van der Waals surface area contributed by atoms with Crippen LogP contribution in [0, 0.1) is 10.1 Å². The molecule has 2 rings (SSSR count). The van der Waals surface area contributed by atoms with E-state index in [-0.39, 0.29) is 0 Å². The van der Waals surface area contributed by atoms with E-state index in [1.54, 1.807) is 0 Å². The first-order valence-electron chi connectivity index (χ1n) is 8.34. The van der Waals surface area contributed by atoms with Crippen molar-refractivity contribution in [2.24, 2.45) is 0 Å². The van der Waals surface area contributed by atoms with E-state index in [1.807, 2.05) is 0 Å². The van der Waals surface area contributed by atoms with E-state index in [0.29, 0.717) is 0 Å². The minimum absolute atomic E-state index is 0.534. The van der Waals surface area contributed by atoms with Gasteiger partial charge in [-0.3, -0.25) is 10.1 Å². The molecule has 0 atom stereocenters. The highest BCUT2D eigenvalue weighted by atomic mass is 16.6. The molecule has 0 N–H and O–H groups in total. The maximum Gasteiger partial charge on any atom is 0.269 e. The first-order valence-corrected chi connectivity index (χ1v) is 3.84.